The summed E-state index contributed by atoms with van der Waals surface area (Å²) in [6.07, 6.45) is 15.9. The van der Waals surface area contributed by atoms with E-state index in [1.165, 1.54) is 64.2 Å². The van der Waals surface area contributed by atoms with Gasteiger partial charge < -0.3 is 11.5 Å². The second-order valence-corrected chi connectivity index (χ2v) is 15.2. The normalized spacial score (nSPS) is 40.3. The molecule has 0 spiro atoms. The number of hydrogen-bond donors (Lipinski definition) is 3. The first-order valence-corrected chi connectivity index (χ1v) is 16.0. The van der Waals surface area contributed by atoms with E-state index in [0.717, 1.165) is 59.8 Å². The van der Waals surface area contributed by atoms with Gasteiger partial charge in [0.15, 0.2) is 0 Å². The molecule has 214 valence electrons. The summed E-state index contributed by atoms with van der Waals surface area (Å²) in [5, 5.41) is 9.96. The van der Waals surface area contributed by atoms with E-state index in [2.05, 4.69) is 34.6 Å². The summed E-state index contributed by atoms with van der Waals surface area (Å²) >= 11 is 0. The molecule has 0 bridgehead atoms. The van der Waals surface area contributed by atoms with Crippen molar-refractivity contribution in [1.82, 2.24) is 0 Å². The number of benzene rings is 1. The summed E-state index contributed by atoms with van der Waals surface area (Å²) in [6, 6.07) is 5.61. The topological polar surface area (TPSA) is 81.5 Å². The number of fused-ring (bicyclic) bond motifs is 5. The molecule has 0 radical (unpaired) electrons. The van der Waals surface area contributed by atoms with Gasteiger partial charge in [0.25, 0.3) is 0 Å². The molecule has 0 amide bonds. The number of anilines is 2. The van der Waals surface area contributed by atoms with Crippen LogP contribution in [0.2, 0.25) is 0 Å². The molecule has 5 N–H and O–H groups in total. The third kappa shape index (κ3) is 5.02. The summed E-state index contributed by atoms with van der Waals surface area (Å²) in [6.45, 7) is 12.7. The summed E-state index contributed by atoms with van der Waals surface area (Å²) < 4.78 is 0. The lowest BCUT2D eigenvalue weighted by atomic mass is 9.43. The van der Waals surface area contributed by atoms with Crippen molar-refractivity contribution >= 4 is 11.4 Å². The number of nitrogens with two attached hydrogens (primary N) is 2. The van der Waals surface area contributed by atoms with Crippen molar-refractivity contribution in [3.8, 4) is 0 Å². The quantitative estimate of drug-likeness (QED) is 0.180. The summed E-state index contributed by atoms with van der Waals surface area (Å²) in [5.41, 5.74) is 15.3. The van der Waals surface area contributed by atoms with Gasteiger partial charge in [-0.2, -0.15) is 0 Å². The number of nitrogen functional groups attached to an aromatic ring is 2. The Labute approximate surface area is 232 Å². The predicted octanol–water partition coefficient (Wildman–Crippen LogP) is 9.12. The minimum Gasteiger partial charge on any atom is -0.399 e. The summed E-state index contributed by atoms with van der Waals surface area (Å²) in [5.74, 6) is 6.37. The lowest BCUT2D eigenvalue weighted by molar-refractivity contribution is -0.299. The van der Waals surface area contributed by atoms with Gasteiger partial charge in [0.05, 0.1) is 0 Å². The smallest absolute Gasteiger partial charge is 0.121 e. The van der Waals surface area contributed by atoms with Crippen molar-refractivity contribution in [2.24, 2.45) is 58.2 Å². The first-order chi connectivity index (χ1) is 18.1. The van der Waals surface area contributed by atoms with Crippen LogP contribution >= 0.6 is 0 Å². The van der Waals surface area contributed by atoms with Gasteiger partial charge in [-0.3, -0.25) is 5.26 Å². The minimum absolute atomic E-state index is 0.312. The van der Waals surface area contributed by atoms with E-state index in [-0.39, 0.29) is 6.10 Å². The summed E-state index contributed by atoms with van der Waals surface area (Å²) in [4.78, 5) is 5.14. The first-order valence-electron chi connectivity index (χ1n) is 16.0. The summed E-state index contributed by atoms with van der Waals surface area (Å²) in [7, 11) is 0. The molecule has 1 aromatic carbocycles. The second kappa shape index (κ2) is 11.0. The van der Waals surface area contributed by atoms with Gasteiger partial charge in [0.1, 0.15) is 6.10 Å². The molecule has 10 unspecified atom stereocenters. The Kier molecular flexibility index (Phi) is 8.15. The van der Waals surface area contributed by atoms with Crippen LogP contribution in [-0.2, 0) is 4.89 Å². The average Bonchev–Trinajstić information content (AvgIpc) is 3.21. The second-order valence-electron chi connectivity index (χ2n) is 15.2. The zero-order chi connectivity index (χ0) is 27.2. The van der Waals surface area contributed by atoms with Gasteiger partial charge in [-0.05, 0) is 140 Å². The Balaban J connectivity index is 1.27. The maximum Gasteiger partial charge on any atom is 0.121 e. The minimum atomic E-state index is -0.342. The van der Waals surface area contributed by atoms with E-state index < -0.39 is 0 Å². The molecule has 0 aromatic heterocycles. The number of rotatable bonds is 8. The fraction of sp³-hybridized carbons (Fsp3) is 0.824. The molecule has 1 aromatic rings. The van der Waals surface area contributed by atoms with Crippen molar-refractivity contribution in [1.29, 1.82) is 0 Å². The Morgan fingerprint density at radius 1 is 0.868 bits per heavy atom. The monoisotopic (exact) mass is 524 g/mol. The van der Waals surface area contributed by atoms with Crippen LogP contribution in [0.15, 0.2) is 18.2 Å². The Bertz CT molecular complexity index is 944. The van der Waals surface area contributed by atoms with Crippen LogP contribution in [0.1, 0.15) is 123 Å². The molecule has 10 atom stereocenters. The molecular formula is C34H56N2O2. The predicted molar refractivity (Wildman–Crippen MR) is 158 cm³/mol. The number of hydrogen-bond acceptors (Lipinski definition) is 4. The molecule has 4 saturated carbocycles. The highest BCUT2D eigenvalue weighted by atomic mass is 17.1. The Hall–Kier alpha value is -1.26. The molecule has 4 aliphatic rings. The first kappa shape index (κ1) is 28.3. The van der Waals surface area contributed by atoms with E-state index in [1.54, 1.807) is 6.07 Å². The Morgan fingerprint density at radius 2 is 1.55 bits per heavy atom. The van der Waals surface area contributed by atoms with Crippen molar-refractivity contribution in [2.75, 3.05) is 11.5 Å². The van der Waals surface area contributed by atoms with E-state index in [0.29, 0.717) is 28.1 Å². The highest BCUT2D eigenvalue weighted by Gasteiger charge is 2.60. The highest BCUT2D eigenvalue weighted by molar-refractivity contribution is 5.54. The van der Waals surface area contributed by atoms with Crippen molar-refractivity contribution < 1.29 is 10.1 Å². The fourth-order valence-corrected chi connectivity index (χ4v) is 10.9. The highest BCUT2D eigenvalue weighted by Crippen LogP contribution is 2.69. The largest absolute Gasteiger partial charge is 0.399 e. The van der Waals surface area contributed by atoms with E-state index in [1.807, 2.05) is 12.1 Å². The zero-order valence-electron chi connectivity index (χ0n) is 24.9. The SMILES string of the molecule is CC(C)CCCC(C)C1CCC2C3CCC4CC(C(OO)c5cc(N)cc(N)c5)CCC4(C)C3CCC12C. The maximum atomic E-state index is 9.96. The maximum absolute atomic E-state index is 9.96. The van der Waals surface area contributed by atoms with Gasteiger partial charge in [0.2, 0.25) is 0 Å². The van der Waals surface area contributed by atoms with Crippen LogP contribution in [0.3, 0.4) is 0 Å². The van der Waals surface area contributed by atoms with Gasteiger partial charge in [-0.1, -0.05) is 53.9 Å². The molecular weight excluding hydrogens is 468 g/mol. The molecule has 0 aliphatic heterocycles. The molecule has 5 rings (SSSR count). The molecule has 4 nitrogen and oxygen atoms in total. The van der Waals surface area contributed by atoms with E-state index >= 15 is 0 Å². The molecule has 4 fully saturated rings. The van der Waals surface area contributed by atoms with Crippen molar-refractivity contribution in [2.45, 2.75) is 118 Å². The van der Waals surface area contributed by atoms with Gasteiger partial charge in [0, 0.05) is 11.4 Å². The average molecular weight is 525 g/mol. The zero-order valence-corrected chi connectivity index (χ0v) is 24.9. The van der Waals surface area contributed by atoms with E-state index in [4.69, 9.17) is 16.4 Å². The van der Waals surface area contributed by atoms with Crippen LogP contribution in [0.5, 0.6) is 0 Å². The lowest BCUT2D eigenvalue weighted by Gasteiger charge is -2.61. The van der Waals surface area contributed by atoms with Crippen molar-refractivity contribution in [3.05, 3.63) is 23.8 Å². The van der Waals surface area contributed by atoms with Crippen LogP contribution in [-0.4, -0.2) is 5.26 Å². The third-order valence-corrected chi connectivity index (χ3v) is 12.8. The van der Waals surface area contributed by atoms with Gasteiger partial charge >= 0.3 is 0 Å². The van der Waals surface area contributed by atoms with Gasteiger partial charge in [-0.25, -0.2) is 4.89 Å². The van der Waals surface area contributed by atoms with Crippen LogP contribution in [0, 0.1) is 58.2 Å². The Morgan fingerprint density at radius 3 is 2.24 bits per heavy atom. The third-order valence-electron chi connectivity index (χ3n) is 12.8. The molecule has 0 heterocycles. The molecule has 4 aliphatic carbocycles. The molecule has 38 heavy (non-hydrogen) atoms. The standard InChI is InChI=1S/C34H56N2O2/c1-21(2)7-6-8-22(3)29-11-12-30-28-10-9-25-17-23(32(38-37)24-18-26(35)20-27(36)19-24)13-15-33(25,4)31(28)14-16-34(29,30)5/h18-23,25,28-32,37H,6-17,35-36H2,1-5H3. The fourth-order valence-electron chi connectivity index (χ4n) is 10.9. The van der Waals surface area contributed by atoms with Crippen LogP contribution in [0.4, 0.5) is 11.4 Å². The van der Waals surface area contributed by atoms with Crippen LogP contribution < -0.4 is 11.5 Å². The van der Waals surface area contributed by atoms with Gasteiger partial charge in [-0.15, -0.1) is 0 Å². The van der Waals surface area contributed by atoms with E-state index in [9.17, 15) is 5.26 Å². The van der Waals surface area contributed by atoms with Crippen molar-refractivity contribution in [3.63, 3.8) is 0 Å². The lowest BCUT2D eigenvalue weighted by Crippen LogP contribution is -2.54. The van der Waals surface area contributed by atoms with Crippen LogP contribution in [0.25, 0.3) is 0 Å². The molecule has 0 saturated heterocycles. The molecule has 4 heteroatoms.